The molecule has 0 amide bonds. The summed E-state index contributed by atoms with van der Waals surface area (Å²) < 4.78 is 9.52. The lowest BCUT2D eigenvalue weighted by Crippen LogP contribution is -2.44. The largest absolute Gasteiger partial charge is 0.481 e. The lowest BCUT2D eigenvalue weighted by molar-refractivity contribution is -0.156. The van der Waals surface area contributed by atoms with Crippen molar-refractivity contribution in [3.8, 4) is 0 Å². The van der Waals surface area contributed by atoms with Gasteiger partial charge in [-0.15, -0.1) is 0 Å². The van der Waals surface area contributed by atoms with E-state index in [0.717, 1.165) is 11.4 Å². The minimum Gasteiger partial charge on any atom is -0.481 e. The van der Waals surface area contributed by atoms with Crippen LogP contribution in [0.2, 0.25) is 0 Å². The van der Waals surface area contributed by atoms with Crippen LogP contribution in [-0.2, 0) is 14.3 Å². The molecule has 1 saturated heterocycles. The molecule has 0 saturated carbocycles. The molecule has 1 unspecified atom stereocenters. The number of hydrogen-bond acceptors (Lipinski definition) is 6. The van der Waals surface area contributed by atoms with E-state index in [1.807, 2.05) is 0 Å². The van der Waals surface area contributed by atoms with Crippen molar-refractivity contribution in [2.45, 2.75) is 19.8 Å². The third-order valence-corrected chi connectivity index (χ3v) is 2.67. The summed E-state index contributed by atoms with van der Waals surface area (Å²) in [6, 6.07) is 0. The van der Waals surface area contributed by atoms with Crippen LogP contribution in [0.1, 0.15) is 19.8 Å². The van der Waals surface area contributed by atoms with Gasteiger partial charge >= 0.3 is 11.9 Å². The van der Waals surface area contributed by atoms with Gasteiger partial charge in [0, 0.05) is 18.4 Å². The molecule has 0 radical (unpaired) electrons. The number of aromatic nitrogens is 2. The second-order valence-electron chi connectivity index (χ2n) is 4.05. The van der Waals surface area contributed by atoms with Gasteiger partial charge in [0.05, 0.1) is 12.5 Å². The molecule has 1 N–H and O–H groups in total. The number of rotatable bonds is 5. The molecule has 0 aliphatic carbocycles. The molecule has 0 aromatic carbocycles. The van der Waals surface area contributed by atoms with Gasteiger partial charge in [-0.3, -0.25) is 14.6 Å². The summed E-state index contributed by atoms with van der Waals surface area (Å²) in [4.78, 5) is 27.6. The zero-order valence-electron chi connectivity index (χ0n) is 9.94. The molecule has 1 fully saturated rings. The number of hydrogen-bond donors (Lipinski definition) is 1. The summed E-state index contributed by atoms with van der Waals surface area (Å²) in [5.74, 6) is -1.67. The third-order valence-electron chi connectivity index (χ3n) is 2.67. The van der Waals surface area contributed by atoms with Gasteiger partial charge in [-0.2, -0.15) is 4.63 Å². The molecule has 102 valence electrons. The highest BCUT2D eigenvalue weighted by Gasteiger charge is 2.30. The molecule has 2 heterocycles. The zero-order chi connectivity index (χ0) is 13.1. The second kappa shape index (κ2) is 5.07. The van der Waals surface area contributed by atoms with Crippen molar-refractivity contribution in [2.75, 3.05) is 24.9 Å². The van der Waals surface area contributed by atoms with Gasteiger partial charge in [0.1, 0.15) is 5.02 Å². The van der Waals surface area contributed by atoms with E-state index in [1.54, 1.807) is 5.01 Å². The molecule has 1 aromatic heterocycles. The first-order valence-electron chi connectivity index (χ1n) is 5.60. The topological polar surface area (TPSA) is 99.1 Å². The Morgan fingerprint density at radius 3 is 2.94 bits per heavy atom. The Bertz CT molecular complexity index is 419. The van der Waals surface area contributed by atoms with E-state index in [9.17, 15) is 9.59 Å². The maximum Gasteiger partial charge on any atom is 0.308 e. The number of carbonyl (C=O) groups excluding carboxylic acids is 1. The van der Waals surface area contributed by atoms with Crippen molar-refractivity contribution in [3.05, 3.63) is 0 Å². The summed E-state index contributed by atoms with van der Waals surface area (Å²) in [7, 11) is 0. The van der Waals surface area contributed by atoms with Crippen molar-refractivity contribution in [3.63, 3.8) is 0 Å². The van der Waals surface area contributed by atoms with Crippen LogP contribution in [0.5, 0.6) is 0 Å². The molecule has 1 aliphatic rings. The van der Waals surface area contributed by atoms with E-state index >= 15 is 0 Å². The normalized spacial score (nSPS) is 19.8. The fourth-order valence-electron chi connectivity index (χ4n) is 1.74. The first kappa shape index (κ1) is 12.4. The molecule has 1 aromatic rings. The Balaban J connectivity index is 1.78. The summed E-state index contributed by atoms with van der Waals surface area (Å²) in [6.07, 6.45) is 1.43. The van der Waals surface area contributed by atoms with E-state index in [1.165, 1.54) is 11.9 Å². The van der Waals surface area contributed by atoms with Crippen molar-refractivity contribution >= 4 is 11.9 Å². The van der Waals surface area contributed by atoms with Crippen molar-refractivity contribution in [1.29, 1.82) is 0 Å². The molecule has 9 heteroatoms. The van der Waals surface area contributed by atoms with Crippen LogP contribution in [0.3, 0.4) is 0 Å². The van der Waals surface area contributed by atoms with Gasteiger partial charge in [-0.1, -0.05) is 0 Å². The number of carboxylic acid groups (broad SMARTS) is 1. The number of esters is 1. The summed E-state index contributed by atoms with van der Waals surface area (Å²) >= 11 is 0. The number of carboxylic acids is 1. The Hall–Kier alpha value is -2.06. The van der Waals surface area contributed by atoms with Crippen molar-refractivity contribution < 1.29 is 28.9 Å². The lowest BCUT2D eigenvalue weighted by atomic mass is 10.00. The standard InChI is InChI=1S/C9H15N3O6/c1-7(13)16-6-17-12-11(18-12)10-4-2-3-8(5-10)9(14)15/h8H,2-6H2,1H3,(H,14,15). The molecule has 1 atom stereocenters. The van der Waals surface area contributed by atoms with Crippen LogP contribution >= 0.6 is 0 Å². The number of aliphatic carboxylic acids is 1. The molecule has 0 bridgehead atoms. The van der Waals surface area contributed by atoms with Crippen LogP contribution in [0.15, 0.2) is 4.63 Å². The first-order chi connectivity index (χ1) is 8.58. The number of piperidine rings is 1. The minimum absolute atomic E-state index is 0.248. The number of ether oxygens (including phenoxy) is 1. The highest BCUT2D eigenvalue weighted by atomic mass is 17.0. The molecular weight excluding hydrogens is 246 g/mol. The Morgan fingerprint density at radius 2 is 2.28 bits per heavy atom. The minimum atomic E-state index is -0.811. The highest BCUT2D eigenvalue weighted by molar-refractivity contribution is 5.70. The maximum absolute atomic E-state index is 10.9. The molecule has 0 spiro atoms. The van der Waals surface area contributed by atoms with E-state index in [2.05, 4.69) is 4.74 Å². The van der Waals surface area contributed by atoms with Gasteiger partial charge in [-0.25, -0.2) is 0 Å². The zero-order valence-corrected chi connectivity index (χ0v) is 9.94. The van der Waals surface area contributed by atoms with Crippen LogP contribution in [0, 0.1) is 5.92 Å². The Labute approximate surface area is 102 Å². The predicted molar refractivity (Wildman–Crippen MR) is 56.2 cm³/mol. The summed E-state index contributed by atoms with van der Waals surface area (Å²) in [5.41, 5.74) is 0. The quantitative estimate of drug-likeness (QED) is 0.550. The Kier molecular flexibility index (Phi) is 3.49. The van der Waals surface area contributed by atoms with Gasteiger partial charge < -0.3 is 14.7 Å². The molecule has 1 aliphatic heterocycles. The van der Waals surface area contributed by atoms with Crippen LogP contribution in [0.25, 0.3) is 0 Å². The summed E-state index contributed by atoms with van der Waals surface area (Å²) in [5, 5.41) is 11.7. The average Bonchev–Trinajstić information content (AvgIpc) is 3.08. The monoisotopic (exact) mass is 261 g/mol. The first-order valence-corrected chi connectivity index (χ1v) is 5.60. The van der Waals surface area contributed by atoms with Crippen LogP contribution in [0.4, 0.5) is 0 Å². The summed E-state index contributed by atoms with van der Waals surface area (Å²) in [6.45, 7) is 2.08. The van der Waals surface area contributed by atoms with Crippen molar-refractivity contribution in [1.82, 2.24) is 9.98 Å². The third kappa shape index (κ3) is 2.99. The fraction of sp³-hybridized carbons (Fsp3) is 0.778. The van der Waals surface area contributed by atoms with Gasteiger partial charge in [0.25, 0.3) is 6.79 Å². The Morgan fingerprint density at radius 1 is 1.50 bits per heavy atom. The molecular formula is C9H15N3O6. The smallest absolute Gasteiger partial charge is 0.308 e. The van der Waals surface area contributed by atoms with E-state index < -0.39 is 17.9 Å². The SMILES string of the molecule is CC(=O)OCOn1on1N1CCCC(C(=O)O)C1. The maximum atomic E-state index is 10.9. The lowest BCUT2D eigenvalue weighted by Gasteiger charge is -2.26. The van der Waals surface area contributed by atoms with Crippen LogP contribution < -0.4 is 9.85 Å². The van der Waals surface area contributed by atoms with Crippen molar-refractivity contribution in [2.24, 2.45) is 5.92 Å². The number of carbonyl (C=O) groups is 2. The number of nitrogens with zero attached hydrogens (tertiary/aromatic N) is 3. The molecule has 9 nitrogen and oxygen atoms in total. The molecule has 18 heavy (non-hydrogen) atoms. The predicted octanol–water partition coefficient (Wildman–Crippen LogP) is -0.736. The second-order valence-corrected chi connectivity index (χ2v) is 4.05. The fourth-order valence-corrected chi connectivity index (χ4v) is 1.74. The van der Waals surface area contributed by atoms with Gasteiger partial charge in [0.2, 0.25) is 0 Å². The average molecular weight is 261 g/mol. The van der Waals surface area contributed by atoms with Gasteiger partial charge in [-0.05, 0) is 12.8 Å². The highest BCUT2D eigenvalue weighted by Crippen LogP contribution is 2.16. The van der Waals surface area contributed by atoms with Gasteiger partial charge in [0.15, 0.2) is 0 Å². The van der Waals surface area contributed by atoms with Crippen LogP contribution in [-0.4, -0.2) is 46.9 Å². The molecule has 2 rings (SSSR count). The van der Waals surface area contributed by atoms with E-state index in [0.29, 0.717) is 19.5 Å². The van der Waals surface area contributed by atoms with E-state index in [-0.39, 0.29) is 6.79 Å². The van der Waals surface area contributed by atoms with E-state index in [4.69, 9.17) is 14.6 Å².